The zero-order valence-corrected chi connectivity index (χ0v) is 18.7. The molecule has 0 aliphatic heterocycles. The Kier molecular flexibility index (Phi) is 8.73. The maximum Gasteiger partial charge on any atom is 0.305 e. The van der Waals surface area contributed by atoms with Crippen LogP contribution in [-0.4, -0.2) is 59.1 Å². The molecule has 1 aromatic carbocycles. The molecule has 0 radical (unpaired) electrons. The predicted octanol–water partition coefficient (Wildman–Crippen LogP) is 2.87. The molecule has 2 rings (SSSR count). The van der Waals surface area contributed by atoms with Crippen LogP contribution in [-0.2, 0) is 16.1 Å². The third kappa shape index (κ3) is 6.53. The third-order valence-corrected chi connectivity index (χ3v) is 4.62. The lowest BCUT2D eigenvalue weighted by atomic mass is 9.99. The van der Waals surface area contributed by atoms with E-state index in [9.17, 15) is 18.4 Å². The zero-order chi connectivity index (χ0) is 23.8. The second-order valence-corrected chi connectivity index (χ2v) is 7.59. The van der Waals surface area contributed by atoms with Crippen LogP contribution < -0.4 is 5.32 Å². The summed E-state index contributed by atoms with van der Waals surface area (Å²) in [6.07, 6.45) is 0.491. The Hall–Kier alpha value is -3.44. The Morgan fingerprint density at radius 3 is 2.47 bits per heavy atom. The van der Waals surface area contributed by atoms with Crippen molar-refractivity contribution in [3.8, 4) is 0 Å². The standard InChI is InChI=1S/C20H27F2N7O3/c1-12(2)16(9-10-17(30)32-5)23-20(31)18-19(25-26-28(3)4)29(27-24-18)11-13-14(21)7-6-8-15(13)22/h6-8,12,16H,9-11H2,1-5H3,(H,23,31)/t16-/m0/s1. The summed E-state index contributed by atoms with van der Waals surface area (Å²) in [6, 6.07) is 3.15. The van der Waals surface area contributed by atoms with E-state index in [2.05, 4.69) is 30.7 Å². The lowest BCUT2D eigenvalue weighted by molar-refractivity contribution is -0.140. The van der Waals surface area contributed by atoms with Crippen LogP contribution in [0.1, 0.15) is 42.7 Å². The number of nitrogens with zero attached hydrogens (tertiary/aromatic N) is 6. The number of nitrogens with one attached hydrogen (secondary N) is 1. The summed E-state index contributed by atoms with van der Waals surface area (Å²) >= 11 is 0. The molecule has 0 saturated carbocycles. The molecule has 1 heterocycles. The van der Waals surface area contributed by atoms with E-state index in [0.29, 0.717) is 6.42 Å². The molecule has 32 heavy (non-hydrogen) atoms. The Morgan fingerprint density at radius 2 is 1.91 bits per heavy atom. The van der Waals surface area contributed by atoms with Gasteiger partial charge in [0.25, 0.3) is 5.91 Å². The first-order valence-electron chi connectivity index (χ1n) is 9.97. The van der Waals surface area contributed by atoms with Gasteiger partial charge in [0, 0.05) is 32.1 Å². The number of benzene rings is 1. The number of carbonyl (C=O) groups excluding carboxylic acids is 2. The summed E-state index contributed by atoms with van der Waals surface area (Å²) in [5.74, 6) is -2.55. The second kappa shape index (κ2) is 11.3. The lowest BCUT2D eigenvalue weighted by Crippen LogP contribution is -2.39. The molecule has 1 aromatic heterocycles. The minimum Gasteiger partial charge on any atom is -0.469 e. The Bertz CT molecular complexity index is 956. The largest absolute Gasteiger partial charge is 0.469 e. The molecule has 0 unspecified atom stereocenters. The number of halogens is 2. The van der Waals surface area contributed by atoms with Crippen molar-refractivity contribution in [3.05, 3.63) is 41.1 Å². The van der Waals surface area contributed by atoms with E-state index in [1.807, 2.05) is 13.8 Å². The third-order valence-electron chi connectivity index (χ3n) is 4.62. The van der Waals surface area contributed by atoms with Crippen LogP contribution in [0.25, 0.3) is 0 Å². The molecule has 0 aliphatic carbocycles. The molecule has 1 atom stereocenters. The molecule has 12 heteroatoms. The molecule has 2 aromatic rings. The Morgan fingerprint density at radius 1 is 1.25 bits per heavy atom. The SMILES string of the molecule is COC(=O)CC[C@H](NC(=O)c1nnn(Cc2c(F)cccc2F)c1N=NN(C)C)C(C)C. The van der Waals surface area contributed by atoms with Gasteiger partial charge in [0.15, 0.2) is 5.69 Å². The number of hydrogen-bond donors (Lipinski definition) is 1. The highest BCUT2D eigenvalue weighted by Crippen LogP contribution is 2.22. The first-order chi connectivity index (χ1) is 15.1. The number of carbonyl (C=O) groups is 2. The molecule has 10 nitrogen and oxygen atoms in total. The van der Waals surface area contributed by atoms with E-state index in [1.54, 1.807) is 14.1 Å². The molecule has 0 aliphatic rings. The van der Waals surface area contributed by atoms with Gasteiger partial charge in [-0.2, -0.15) is 0 Å². The number of methoxy groups -OCH3 is 1. The highest BCUT2D eigenvalue weighted by molar-refractivity contribution is 5.96. The molecular weight excluding hydrogens is 424 g/mol. The molecule has 174 valence electrons. The molecule has 0 spiro atoms. The Balaban J connectivity index is 2.33. The number of ether oxygens (including phenoxy) is 1. The highest BCUT2D eigenvalue weighted by Gasteiger charge is 2.25. The van der Waals surface area contributed by atoms with Gasteiger partial charge in [-0.25, -0.2) is 13.5 Å². The van der Waals surface area contributed by atoms with Crippen LogP contribution in [0.3, 0.4) is 0 Å². The van der Waals surface area contributed by atoms with Crippen molar-refractivity contribution in [2.24, 2.45) is 16.3 Å². The summed E-state index contributed by atoms with van der Waals surface area (Å²) in [6.45, 7) is 3.45. The van der Waals surface area contributed by atoms with Crippen molar-refractivity contribution in [3.63, 3.8) is 0 Å². The van der Waals surface area contributed by atoms with E-state index in [0.717, 1.165) is 16.8 Å². The fourth-order valence-corrected chi connectivity index (χ4v) is 2.81. The fraction of sp³-hybridized carbons (Fsp3) is 0.500. The smallest absolute Gasteiger partial charge is 0.305 e. The van der Waals surface area contributed by atoms with Gasteiger partial charge in [-0.1, -0.05) is 30.4 Å². The van der Waals surface area contributed by atoms with Crippen molar-refractivity contribution < 1.29 is 23.1 Å². The van der Waals surface area contributed by atoms with Crippen molar-refractivity contribution >= 4 is 17.7 Å². The number of aromatic nitrogens is 3. The summed E-state index contributed by atoms with van der Waals surface area (Å²) in [4.78, 5) is 24.4. The van der Waals surface area contributed by atoms with E-state index in [1.165, 1.54) is 18.2 Å². The van der Waals surface area contributed by atoms with Gasteiger partial charge in [0.2, 0.25) is 5.82 Å². The summed E-state index contributed by atoms with van der Waals surface area (Å²) < 4.78 is 34.0. The summed E-state index contributed by atoms with van der Waals surface area (Å²) in [5, 5.41) is 19.8. The summed E-state index contributed by atoms with van der Waals surface area (Å²) in [7, 11) is 4.54. The topological polar surface area (TPSA) is 114 Å². The maximum absolute atomic E-state index is 14.1. The maximum atomic E-state index is 14.1. The highest BCUT2D eigenvalue weighted by atomic mass is 19.1. The average Bonchev–Trinajstić information content (AvgIpc) is 3.14. The number of rotatable bonds is 10. The Labute approximate surface area is 184 Å². The van der Waals surface area contributed by atoms with Crippen LogP contribution in [0.4, 0.5) is 14.6 Å². The van der Waals surface area contributed by atoms with Crippen LogP contribution in [0.2, 0.25) is 0 Å². The first kappa shape index (κ1) is 24.8. The minimum atomic E-state index is -0.760. The van der Waals surface area contributed by atoms with Crippen molar-refractivity contribution in [2.45, 2.75) is 39.3 Å². The van der Waals surface area contributed by atoms with Gasteiger partial charge in [-0.15, -0.1) is 10.2 Å². The quantitative estimate of drug-likeness (QED) is 0.338. The molecule has 0 bridgehead atoms. The van der Waals surface area contributed by atoms with Gasteiger partial charge in [0.1, 0.15) is 11.6 Å². The molecule has 0 fully saturated rings. The van der Waals surface area contributed by atoms with Crippen molar-refractivity contribution in [2.75, 3.05) is 21.2 Å². The fourth-order valence-electron chi connectivity index (χ4n) is 2.81. The second-order valence-electron chi connectivity index (χ2n) is 7.59. The lowest BCUT2D eigenvalue weighted by Gasteiger charge is -2.21. The van der Waals surface area contributed by atoms with E-state index >= 15 is 0 Å². The van der Waals surface area contributed by atoms with Gasteiger partial charge in [0.05, 0.1) is 13.7 Å². The van der Waals surface area contributed by atoms with Crippen LogP contribution in [0, 0.1) is 17.6 Å². The average molecular weight is 451 g/mol. The van der Waals surface area contributed by atoms with Gasteiger partial charge >= 0.3 is 5.97 Å². The monoisotopic (exact) mass is 451 g/mol. The normalized spacial score (nSPS) is 12.2. The van der Waals surface area contributed by atoms with E-state index < -0.39 is 17.5 Å². The first-order valence-corrected chi connectivity index (χ1v) is 9.97. The van der Waals surface area contributed by atoms with Crippen LogP contribution in [0.5, 0.6) is 0 Å². The van der Waals surface area contributed by atoms with Crippen LogP contribution in [0.15, 0.2) is 28.5 Å². The minimum absolute atomic E-state index is 0.0120. The molecule has 1 N–H and O–H groups in total. The predicted molar refractivity (Wildman–Crippen MR) is 111 cm³/mol. The molecule has 1 amide bonds. The van der Waals surface area contributed by atoms with Crippen LogP contribution >= 0.6 is 0 Å². The number of esters is 1. The van der Waals surface area contributed by atoms with Crippen molar-refractivity contribution in [1.29, 1.82) is 0 Å². The van der Waals surface area contributed by atoms with E-state index in [-0.39, 0.29) is 48.0 Å². The number of hydrogen-bond acceptors (Lipinski definition) is 7. The van der Waals surface area contributed by atoms with Crippen molar-refractivity contribution in [1.82, 2.24) is 25.3 Å². The molecule has 0 saturated heterocycles. The van der Waals surface area contributed by atoms with Gasteiger partial charge < -0.3 is 10.1 Å². The zero-order valence-electron chi connectivity index (χ0n) is 18.7. The van der Waals surface area contributed by atoms with E-state index in [4.69, 9.17) is 0 Å². The van der Waals surface area contributed by atoms with Gasteiger partial charge in [-0.05, 0) is 24.5 Å². The molecular formula is C20H27F2N7O3. The summed E-state index contributed by atoms with van der Waals surface area (Å²) in [5.41, 5.74) is -0.403. The number of amides is 1. The van der Waals surface area contributed by atoms with Gasteiger partial charge in [-0.3, -0.25) is 14.6 Å².